The van der Waals surface area contributed by atoms with Crippen LogP contribution in [0.3, 0.4) is 0 Å². The molecule has 2 rings (SSSR count). The predicted molar refractivity (Wildman–Crippen MR) is 65.9 cm³/mol. The van der Waals surface area contributed by atoms with Crippen molar-refractivity contribution in [2.24, 2.45) is 0 Å². The molecule has 0 aromatic heterocycles. The molecule has 1 atom stereocenters. The van der Waals surface area contributed by atoms with Gasteiger partial charge in [-0.25, -0.2) is 4.39 Å². The van der Waals surface area contributed by atoms with Gasteiger partial charge in [-0.15, -0.1) is 0 Å². The molecule has 0 spiro atoms. The first-order chi connectivity index (χ1) is 8.11. The summed E-state index contributed by atoms with van der Waals surface area (Å²) in [5.74, 6) is -0.949. The molecule has 5 heteroatoms. The fourth-order valence-electron chi connectivity index (χ4n) is 2.21. The summed E-state index contributed by atoms with van der Waals surface area (Å²) in [6.45, 7) is 5.47. The number of phenolic OH excluding ortho intramolecular Hbond substituents is 1. The summed E-state index contributed by atoms with van der Waals surface area (Å²) in [6.07, 6.45) is 0. The van der Waals surface area contributed by atoms with Gasteiger partial charge in [0.15, 0.2) is 11.6 Å². The topological polar surface area (TPSA) is 35.5 Å². The van der Waals surface area contributed by atoms with Crippen LogP contribution in [0.1, 0.15) is 18.5 Å². The van der Waals surface area contributed by atoms with Crippen LogP contribution in [0.25, 0.3) is 0 Å². The van der Waals surface area contributed by atoms with Gasteiger partial charge in [-0.3, -0.25) is 4.90 Å². The molecule has 17 heavy (non-hydrogen) atoms. The summed E-state index contributed by atoms with van der Waals surface area (Å²) >= 11 is 6.05. The van der Waals surface area contributed by atoms with Gasteiger partial charge in [0.25, 0.3) is 0 Å². The van der Waals surface area contributed by atoms with E-state index in [-0.39, 0.29) is 11.8 Å². The Morgan fingerprint density at radius 1 is 1.41 bits per heavy atom. The molecule has 1 aromatic rings. The molecule has 0 saturated carbocycles. The lowest BCUT2D eigenvalue weighted by Crippen LogP contribution is -2.44. The van der Waals surface area contributed by atoms with Crippen LogP contribution in [0.4, 0.5) is 4.39 Å². The number of rotatable bonds is 2. The van der Waals surface area contributed by atoms with Gasteiger partial charge in [0.2, 0.25) is 0 Å². The van der Waals surface area contributed by atoms with Gasteiger partial charge in [0.1, 0.15) is 0 Å². The normalized spacial score (nSPS) is 19.2. The third-order valence-electron chi connectivity index (χ3n) is 3.23. The number of piperazine rings is 1. The first-order valence-corrected chi connectivity index (χ1v) is 6.10. The second-order valence-corrected chi connectivity index (χ2v) is 4.66. The Kier molecular flexibility index (Phi) is 3.86. The van der Waals surface area contributed by atoms with Crippen molar-refractivity contribution in [2.45, 2.75) is 13.0 Å². The van der Waals surface area contributed by atoms with Crippen molar-refractivity contribution < 1.29 is 9.50 Å². The third kappa shape index (κ3) is 2.54. The molecule has 0 bridgehead atoms. The Balaban J connectivity index is 2.29. The van der Waals surface area contributed by atoms with Gasteiger partial charge in [-0.2, -0.15) is 0 Å². The van der Waals surface area contributed by atoms with Gasteiger partial charge < -0.3 is 10.4 Å². The van der Waals surface area contributed by atoms with Crippen LogP contribution in [0.2, 0.25) is 5.02 Å². The Morgan fingerprint density at radius 3 is 2.71 bits per heavy atom. The standard InChI is InChI=1S/C12H16ClFN2O/c1-8(16-6-4-15-5-7-16)11-9(13)2-3-10(14)12(11)17/h2-3,8,15,17H,4-7H2,1H3/t8-/m0/s1. The van der Waals surface area contributed by atoms with Crippen molar-refractivity contribution in [3.63, 3.8) is 0 Å². The summed E-state index contributed by atoms with van der Waals surface area (Å²) in [7, 11) is 0. The zero-order valence-electron chi connectivity index (χ0n) is 9.71. The number of nitrogens with zero attached hydrogens (tertiary/aromatic N) is 1. The lowest BCUT2D eigenvalue weighted by Gasteiger charge is -2.33. The van der Waals surface area contributed by atoms with Crippen LogP contribution in [-0.4, -0.2) is 36.2 Å². The number of nitrogens with one attached hydrogen (secondary N) is 1. The Morgan fingerprint density at radius 2 is 2.06 bits per heavy atom. The molecule has 1 aliphatic rings. The largest absolute Gasteiger partial charge is 0.505 e. The highest BCUT2D eigenvalue weighted by Crippen LogP contribution is 2.36. The lowest BCUT2D eigenvalue weighted by atomic mass is 10.0. The number of halogens is 2. The highest BCUT2D eigenvalue weighted by molar-refractivity contribution is 6.31. The van der Waals surface area contributed by atoms with Gasteiger partial charge in [0.05, 0.1) is 0 Å². The molecule has 0 radical (unpaired) electrons. The molecular weight excluding hydrogens is 243 g/mol. The molecule has 3 nitrogen and oxygen atoms in total. The van der Waals surface area contributed by atoms with Crippen LogP contribution < -0.4 is 5.32 Å². The van der Waals surface area contributed by atoms with Crippen LogP contribution >= 0.6 is 11.6 Å². The number of benzene rings is 1. The maximum atomic E-state index is 13.3. The first-order valence-electron chi connectivity index (χ1n) is 5.73. The van der Waals surface area contributed by atoms with Crippen LogP contribution in [0.15, 0.2) is 12.1 Å². The Bertz CT molecular complexity index is 408. The second-order valence-electron chi connectivity index (χ2n) is 4.25. The van der Waals surface area contributed by atoms with E-state index in [4.69, 9.17) is 11.6 Å². The highest BCUT2D eigenvalue weighted by Gasteiger charge is 2.24. The van der Waals surface area contributed by atoms with Crippen LogP contribution in [0, 0.1) is 5.82 Å². The number of hydrogen-bond acceptors (Lipinski definition) is 3. The number of hydrogen-bond donors (Lipinski definition) is 2. The van der Waals surface area contributed by atoms with E-state index in [1.807, 2.05) is 6.92 Å². The molecule has 2 N–H and O–H groups in total. The molecule has 1 fully saturated rings. The monoisotopic (exact) mass is 258 g/mol. The van der Waals surface area contributed by atoms with Crippen molar-refractivity contribution in [3.05, 3.63) is 28.5 Å². The molecule has 1 saturated heterocycles. The van der Waals surface area contributed by atoms with E-state index in [1.54, 1.807) is 0 Å². The second kappa shape index (κ2) is 5.21. The highest BCUT2D eigenvalue weighted by atomic mass is 35.5. The molecule has 1 aromatic carbocycles. The minimum Gasteiger partial charge on any atom is -0.505 e. The van der Waals surface area contributed by atoms with Crippen LogP contribution in [-0.2, 0) is 0 Å². The van der Waals surface area contributed by atoms with Gasteiger partial charge in [-0.05, 0) is 19.1 Å². The van der Waals surface area contributed by atoms with Gasteiger partial charge in [0, 0.05) is 42.8 Å². The maximum Gasteiger partial charge on any atom is 0.165 e. The average Bonchev–Trinajstić information content (AvgIpc) is 2.35. The van der Waals surface area contributed by atoms with E-state index in [2.05, 4.69) is 10.2 Å². The predicted octanol–water partition coefficient (Wildman–Crippen LogP) is 2.15. The maximum absolute atomic E-state index is 13.3. The smallest absolute Gasteiger partial charge is 0.165 e. The third-order valence-corrected chi connectivity index (χ3v) is 3.56. The summed E-state index contributed by atoms with van der Waals surface area (Å²) in [5.41, 5.74) is 0.480. The zero-order chi connectivity index (χ0) is 12.4. The molecule has 0 aliphatic carbocycles. The lowest BCUT2D eigenvalue weighted by molar-refractivity contribution is 0.182. The molecule has 0 amide bonds. The Hall–Kier alpha value is -0.840. The fraction of sp³-hybridized carbons (Fsp3) is 0.500. The number of phenols is 1. The van der Waals surface area contributed by atoms with Crippen molar-refractivity contribution in [3.8, 4) is 5.75 Å². The molecule has 1 aliphatic heterocycles. The summed E-state index contributed by atoms with van der Waals surface area (Å²) in [6, 6.07) is 2.59. The zero-order valence-corrected chi connectivity index (χ0v) is 10.5. The summed E-state index contributed by atoms with van der Waals surface area (Å²) < 4.78 is 13.3. The summed E-state index contributed by atoms with van der Waals surface area (Å²) in [4.78, 5) is 2.18. The molecule has 0 unspecified atom stereocenters. The SMILES string of the molecule is C[C@@H](c1c(Cl)ccc(F)c1O)N1CCNCC1. The van der Waals surface area contributed by atoms with Crippen molar-refractivity contribution in [1.82, 2.24) is 10.2 Å². The van der Waals surface area contributed by atoms with E-state index in [9.17, 15) is 9.50 Å². The van der Waals surface area contributed by atoms with E-state index in [0.717, 1.165) is 26.2 Å². The van der Waals surface area contributed by atoms with Crippen molar-refractivity contribution in [1.29, 1.82) is 0 Å². The van der Waals surface area contributed by atoms with Gasteiger partial charge in [-0.1, -0.05) is 11.6 Å². The fourth-order valence-corrected chi connectivity index (χ4v) is 2.52. The summed E-state index contributed by atoms with van der Waals surface area (Å²) in [5, 5.41) is 13.4. The molecule has 1 heterocycles. The van der Waals surface area contributed by atoms with Crippen molar-refractivity contribution in [2.75, 3.05) is 26.2 Å². The van der Waals surface area contributed by atoms with E-state index in [0.29, 0.717) is 10.6 Å². The minimum absolute atomic E-state index is 0.0831. The van der Waals surface area contributed by atoms with E-state index < -0.39 is 5.82 Å². The number of aromatic hydroxyl groups is 1. The van der Waals surface area contributed by atoms with Crippen LogP contribution in [0.5, 0.6) is 5.75 Å². The average molecular weight is 259 g/mol. The van der Waals surface area contributed by atoms with E-state index in [1.165, 1.54) is 12.1 Å². The molecular formula is C12H16ClFN2O. The quantitative estimate of drug-likeness (QED) is 0.853. The molecule has 94 valence electrons. The first kappa shape index (κ1) is 12.6. The minimum atomic E-state index is -0.619. The van der Waals surface area contributed by atoms with Gasteiger partial charge >= 0.3 is 0 Å². The van der Waals surface area contributed by atoms with E-state index >= 15 is 0 Å². The Labute approximate surface area is 105 Å². The van der Waals surface area contributed by atoms with Crippen molar-refractivity contribution >= 4 is 11.6 Å².